The van der Waals surface area contributed by atoms with Crippen molar-refractivity contribution in [3.63, 3.8) is 0 Å². The van der Waals surface area contributed by atoms with Gasteiger partial charge in [0.2, 0.25) is 5.91 Å². The molecule has 2 aromatic carbocycles. The first-order valence-electron chi connectivity index (χ1n) is 6.84. The molecule has 0 aliphatic carbocycles. The fraction of sp³-hybridized carbons (Fsp3) is 0.176. The van der Waals surface area contributed by atoms with Crippen LogP contribution in [0.2, 0.25) is 0 Å². The van der Waals surface area contributed by atoms with E-state index in [9.17, 15) is 9.59 Å². The number of methoxy groups -OCH3 is 1. The third-order valence-electron chi connectivity index (χ3n) is 3.49. The lowest BCUT2D eigenvalue weighted by Gasteiger charge is -2.08. The molecule has 0 spiro atoms. The Kier molecular flexibility index (Phi) is 3.55. The summed E-state index contributed by atoms with van der Waals surface area (Å²) in [6.07, 6.45) is 0. The van der Waals surface area contributed by atoms with Crippen molar-refractivity contribution in [3.8, 4) is 11.5 Å². The monoisotopic (exact) mass is 297 g/mol. The van der Waals surface area contributed by atoms with Gasteiger partial charge in [0.1, 0.15) is 18.1 Å². The molecule has 1 aliphatic rings. The fourth-order valence-electron chi connectivity index (χ4n) is 2.43. The second-order valence-electron chi connectivity index (χ2n) is 5.03. The maximum Gasteiger partial charge on any atom is 0.221 e. The minimum absolute atomic E-state index is 0.145. The minimum atomic E-state index is -0.181. The molecular weight excluding hydrogens is 282 g/mol. The van der Waals surface area contributed by atoms with Crippen LogP contribution >= 0.6 is 0 Å². The molecule has 0 saturated heterocycles. The predicted octanol–water partition coefficient (Wildman–Crippen LogP) is 2.78. The van der Waals surface area contributed by atoms with Crippen LogP contribution in [0.15, 0.2) is 36.4 Å². The number of ketones is 1. The van der Waals surface area contributed by atoms with Crippen molar-refractivity contribution in [2.75, 3.05) is 12.4 Å². The molecule has 0 aromatic heterocycles. The van der Waals surface area contributed by atoms with E-state index in [0.29, 0.717) is 34.9 Å². The second kappa shape index (κ2) is 5.52. The molecule has 0 fully saturated rings. The minimum Gasteiger partial charge on any atom is -0.497 e. The molecule has 0 atom stereocenters. The number of benzene rings is 2. The molecular formula is C17H15NO4. The van der Waals surface area contributed by atoms with Crippen molar-refractivity contribution in [1.82, 2.24) is 0 Å². The van der Waals surface area contributed by atoms with E-state index in [1.807, 2.05) is 0 Å². The number of hydrogen-bond acceptors (Lipinski definition) is 4. The van der Waals surface area contributed by atoms with Gasteiger partial charge >= 0.3 is 0 Å². The summed E-state index contributed by atoms with van der Waals surface area (Å²) < 4.78 is 10.9. The van der Waals surface area contributed by atoms with E-state index >= 15 is 0 Å². The first-order chi connectivity index (χ1) is 10.6. The quantitative estimate of drug-likeness (QED) is 0.925. The Bertz CT molecular complexity index is 767. The maximum atomic E-state index is 12.8. The van der Waals surface area contributed by atoms with Crippen molar-refractivity contribution in [3.05, 3.63) is 53.1 Å². The van der Waals surface area contributed by atoms with Gasteiger partial charge in [-0.25, -0.2) is 0 Å². The number of carbonyl (C=O) groups excluding carboxylic acids is 2. The molecule has 1 aliphatic heterocycles. The Morgan fingerprint density at radius 3 is 2.73 bits per heavy atom. The van der Waals surface area contributed by atoms with Gasteiger partial charge in [-0.15, -0.1) is 0 Å². The topological polar surface area (TPSA) is 64.6 Å². The lowest BCUT2D eigenvalue weighted by Crippen LogP contribution is -2.09. The Labute approximate surface area is 127 Å². The lowest BCUT2D eigenvalue weighted by atomic mass is 9.98. The highest BCUT2D eigenvalue weighted by molar-refractivity contribution is 6.12. The molecule has 1 amide bonds. The van der Waals surface area contributed by atoms with Crippen LogP contribution in [0.25, 0.3) is 0 Å². The number of carbonyl (C=O) groups is 2. The summed E-state index contributed by atoms with van der Waals surface area (Å²) in [5.41, 5.74) is 2.36. The maximum absolute atomic E-state index is 12.8. The summed E-state index contributed by atoms with van der Waals surface area (Å²) >= 11 is 0. The van der Waals surface area contributed by atoms with Crippen LogP contribution < -0.4 is 14.8 Å². The first-order valence-corrected chi connectivity index (χ1v) is 6.84. The standard InChI is InChI=1S/C17H15NO4/c1-10(19)18-12-4-3-11-9-22-16-6-5-13(21-2)8-15(16)17(20)14(11)7-12/h3-8H,9H2,1-2H3,(H,18,19). The van der Waals surface area contributed by atoms with Crippen molar-refractivity contribution in [1.29, 1.82) is 0 Å². The van der Waals surface area contributed by atoms with Crippen LogP contribution in [-0.4, -0.2) is 18.8 Å². The Morgan fingerprint density at radius 2 is 2.00 bits per heavy atom. The van der Waals surface area contributed by atoms with Gasteiger partial charge in [0.25, 0.3) is 0 Å². The van der Waals surface area contributed by atoms with Gasteiger partial charge in [-0.1, -0.05) is 6.07 Å². The summed E-state index contributed by atoms with van der Waals surface area (Å²) in [7, 11) is 1.55. The van der Waals surface area contributed by atoms with Crippen LogP contribution in [0.1, 0.15) is 28.4 Å². The normalized spacial score (nSPS) is 12.5. The van der Waals surface area contributed by atoms with Crippen molar-refractivity contribution >= 4 is 17.4 Å². The summed E-state index contributed by atoms with van der Waals surface area (Å²) in [6.45, 7) is 1.73. The molecule has 5 heteroatoms. The summed E-state index contributed by atoms with van der Waals surface area (Å²) in [4.78, 5) is 24.0. The lowest BCUT2D eigenvalue weighted by molar-refractivity contribution is -0.114. The number of ether oxygens (including phenoxy) is 2. The summed E-state index contributed by atoms with van der Waals surface area (Å²) in [6, 6.07) is 10.4. The molecule has 2 aromatic rings. The van der Waals surface area contributed by atoms with E-state index in [4.69, 9.17) is 9.47 Å². The van der Waals surface area contributed by atoms with Gasteiger partial charge in [-0.2, -0.15) is 0 Å². The SMILES string of the molecule is COc1ccc2c(c1)C(=O)c1cc(NC(C)=O)ccc1CO2. The number of rotatable bonds is 2. The van der Waals surface area contributed by atoms with Gasteiger partial charge in [-0.3, -0.25) is 9.59 Å². The van der Waals surface area contributed by atoms with Crippen LogP contribution in [0, 0.1) is 0 Å². The number of hydrogen-bond donors (Lipinski definition) is 1. The molecule has 3 rings (SSSR count). The van der Waals surface area contributed by atoms with Crippen LogP contribution in [0.3, 0.4) is 0 Å². The van der Waals surface area contributed by atoms with Crippen LogP contribution in [-0.2, 0) is 11.4 Å². The van der Waals surface area contributed by atoms with Gasteiger partial charge in [0, 0.05) is 23.7 Å². The van der Waals surface area contributed by atoms with Gasteiger partial charge < -0.3 is 14.8 Å². The zero-order valence-electron chi connectivity index (χ0n) is 12.3. The largest absolute Gasteiger partial charge is 0.497 e. The highest BCUT2D eigenvalue weighted by atomic mass is 16.5. The number of nitrogens with one attached hydrogen (secondary N) is 1. The van der Waals surface area contributed by atoms with Crippen LogP contribution in [0.5, 0.6) is 11.5 Å². The van der Waals surface area contributed by atoms with E-state index in [2.05, 4.69) is 5.32 Å². The van der Waals surface area contributed by atoms with E-state index in [1.54, 1.807) is 43.5 Å². The highest BCUT2D eigenvalue weighted by Crippen LogP contribution is 2.32. The van der Waals surface area contributed by atoms with Crippen LogP contribution in [0.4, 0.5) is 5.69 Å². The molecule has 0 radical (unpaired) electrons. The number of amides is 1. The van der Waals surface area contributed by atoms with E-state index in [0.717, 1.165) is 5.56 Å². The first kappa shape index (κ1) is 14.1. The highest BCUT2D eigenvalue weighted by Gasteiger charge is 2.23. The zero-order valence-corrected chi connectivity index (χ0v) is 12.3. The molecule has 112 valence electrons. The van der Waals surface area contributed by atoms with Gasteiger partial charge in [0.15, 0.2) is 5.78 Å². The smallest absolute Gasteiger partial charge is 0.221 e. The Hall–Kier alpha value is -2.82. The molecule has 22 heavy (non-hydrogen) atoms. The molecule has 1 N–H and O–H groups in total. The molecule has 5 nitrogen and oxygen atoms in total. The second-order valence-corrected chi connectivity index (χ2v) is 5.03. The predicted molar refractivity (Wildman–Crippen MR) is 81.5 cm³/mol. The Balaban J connectivity index is 2.08. The van der Waals surface area contributed by atoms with E-state index in [-0.39, 0.29) is 11.7 Å². The third-order valence-corrected chi connectivity index (χ3v) is 3.49. The molecule has 1 heterocycles. The average Bonchev–Trinajstić information content (AvgIpc) is 2.64. The number of anilines is 1. The van der Waals surface area contributed by atoms with E-state index in [1.165, 1.54) is 6.92 Å². The Morgan fingerprint density at radius 1 is 1.18 bits per heavy atom. The number of fused-ring (bicyclic) bond motifs is 2. The average molecular weight is 297 g/mol. The summed E-state index contributed by atoms with van der Waals surface area (Å²) in [5, 5.41) is 2.69. The third kappa shape index (κ3) is 2.53. The van der Waals surface area contributed by atoms with Gasteiger partial charge in [-0.05, 0) is 30.3 Å². The van der Waals surface area contributed by atoms with Gasteiger partial charge in [0.05, 0.1) is 12.7 Å². The molecule has 0 unspecified atom stereocenters. The van der Waals surface area contributed by atoms with Crippen molar-refractivity contribution in [2.24, 2.45) is 0 Å². The van der Waals surface area contributed by atoms with E-state index < -0.39 is 0 Å². The van der Waals surface area contributed by atoms with Crippen molar-refractivity contribution in [2.45, 2.75) is 13.5 Å². The molecule has 0 bridgehead atoms. The summed E-state index contributed by atoms with van der Waals surface area (Å²) in [5.74, 6) is 0.799. The zero-order chi connectivity index (χ0) is 15.7. The molecule has 0 saturated carbocycles. The van der Waals surface area contributed by atoms with Crippen molar-refractivity contribution < 1.29 is 19.1 Å². The fourth-order valence-corrected chi connectivity index (χ4v) is 2.43.